The molecule has 1 aromatic heterocycles. The first-order valence-corrected chi connectivity index (χ1v) is 5.15. The zero-order chi connectivity index (χ0) is 12.4. The van der Waals surface area contributed by atoms with E-state index in [1.807, 2.05) is 0 Å². The van der Waals surface area contributed by atoms with E-state index >= 15 is 0 Å². The number of rotatable bonds is 3. The zero-order valence-electron chi connectivity index (χ0n) is 8.58. The molecule has 0 amide bonds. The summed E-state index contributed by atoms with van der Waals surface area (Å²) in [4.78, 5) is 0. The number of hydrogen-bond acceptors (Lipinski definition) is 3. The van der Waals surface area contributed by atoms with Crippen molar-refractivity contribution in [1.29, 1.82) is 0 Å². The zero-order valence-corrected chi connectivity index (χ0v) is 9.34. The Morgan fingerprint density at radius 3 is 2.53 bits per heavy atom. The Labute approximate surface area is 101 Å². The van der Waals surface area contributed by atoms with Crippen LogP contribution in [0.5, 0.6) is 0 Å². The number of hydrogen-bond donors (Lipinski definition) is 2. The number of halogens is 3. The number of benzene rings is 1. The van der Waals surface area contributed by atoms with E-state index in [0.717, 1.165) is 12.1 Å². The molecule has 3 N–H and O–H groups in total. The van der Waals surface area contributed by atoms with Gasteiger partial charge >= 0.3 is 0 Å². The predicted octanol–water partition coefficient (Wildman–Crippen LogP) is 2.76. The van der Waals surface area contributed by atoms with Gasteiger partial charge in [0.15, 0.2) is 5.22 Å². The minimum absolute atomic E-state index is 0.108. The van der Waals surface area contributed by atoms with Crippen LogP contribution in [-0.4, -0.2) is 0 Å². The van der Waals surface area contributed by atoms with Crippen LogP contribution in [0.25, 0.3) is 0 Å². The normalized spacial score (nSPS) is 12.7. The summed E-state index contributed by atoms with van der Waals surface area (Å²) in [5, 5.41) is 0.108. The van der Waals surface area contributed by atoms with Crippen LogP contribution in [-0.2, 0) is 0 Å². The lowest BCUT2D eigenvalue weighted by Crippen LogP contribution is -2.29. The molecule has 0 radical (unpaired) electrons. The molecule has 17 heavy (non-hydrogen) atoms. The Hall–Kier alpha value is -1.43. The van der Waals surface area contributed by atoms with Crippen molar-refractivity contribution in [3.63, 3.8) is 0 Å². The Kier molecular flexibility index (Phi) is 3.42. The maximum Gasteiger partial charge on any atom is 0.198 e. The van der Waals surface area contributed by atoms with Gasteiger partial charge in [0.1, 0.15) is 11.6 Å². The van der Waals surface area contributed by atoms with Crippen LogP contribution >= 0.6 is 11.6 Å². The van der Waals surface area contributed by atoms with Crippen LogP contribution in [0.2, 0.25) is 5.22 Å². The largest absolute Gasteiger partial charge is 0.453 e. The van der Waals surface area contributed by atoms with Gasteiger partial charge in [-0.25, -0.2) is 14.2 Å². The van der Waals surface area contributed by atoms with Crippen molar-refractivity contribution in [3.8, 4) is 0 Å². The molecule has 0 saturated carbocycles. The van der Waals surface area contributed by atoms with Gasteiger partial charge in [0.2, 0.25) is 0 Å². The maximum atomic E-state index is 13.6. The van der Waals surface area contributed by atoms with E-state index in [-0.39, 0.29) is 10.8 Å². The van der Waals surface area contributed by atoms with E-state index in [1.165, 1.54) is 12.3 Å². The van der Waals surface area contributed by atoms with Crippen LogP contribution in [0.15, 0.2) is 34.9 Å². The van der Waals surface area contributed by atoms with Gasteiger partial charge in [-0.2, -0.15) is 0 Å². The molecule has 1 atom stereocenters. The molecule has 6 heteroatoms. The fourth-order valence-electron chi connectivity index (χ4n) is 1.59. The summed E-state index contributed by atoms with van der Waals surface area (Å²) in [6.45, 7) is 0. The first-order chi connectivity index (χ1) is 8.13. The van der Waals surface area contributed by atoms with Gasteiger partial charge in [-0.1, -0.05) is 6.07 Å². The van der Waals surface area contributed by atoms with Crippen molar-refractivity contribution >= 4 is 11.6 Å². The number of hydrazine groups is 1. The fraction of sp³-hybridized carbons (Fsp3) is 0.0909. The number of nitrogens with one attached hydrogen (secondary N) is 1. The van der Waals surface area contributed by atoms with E-state index < -0.39 is 17.7 Å². The topological polar surface area (TPSA) is 51.2 Å². The Bertz CT molecular complexity index is 530. The third kappa shape index (κ3) is 2.31. The van der Waals surface area contributed by atoms with E-state index in [4.69, 9.17) is 21.9 Å². The molecule has 2 aromatic rings. The van der Waals surface area contributed by atoms with Gasteiger partial charge in [0, 0.05) is 17.2 Å². The quantitative estimate of drug-likeness (QED) is 0.657. The van der Waals surface area contributed by atoms with Crippen LogP contribution in [0.3, 0.4) is 0 Å². The average molecular weight is 259 g/mol. The van der Waals surface area contributed by atoms with Crippen molar-refractivity contribution in [2.75, 3.05) is 0 Å². The molecule has 0 fully saturated rings. The summed E-state index contributed by atoms with van der Waals surface area (Å²) in [7, 11) is 0. The van der Waals surface area contributed by atoms with Crippen molar-refractivity contribution in [3.05, 3.63) is 58.5 Å². The second-order valence-corrected chi connectivity index (χ2v) is 3.76. The molecule has 0 aliphatic heterocycles. The summed E-state index contributed by atoms with van der Waals surface area (Å²) in [5.74, 6) is 4.01. The Morgan fingerprint density at radius 1 is 1.24 bits per heavy atom. The lowest BCUT2D eigenvalue weighted by Gasteiger charge is -2.15. The third-order valence-corrected chi connectivity index (χ3v) is 2.70. The molecule has 1 heterocycles. The summed E-state index contributed by atoms with van der Waals surface area (Å²) < 4.78 is 31.3. The van der Waals surface area contributed by atoms with Crippen LogP contribution in [0.4, 0.5) is 8.78 Å². The predicted molar refractivity (Wildman–Crippen MR) is 59.2 cm³/mol. The first-order valence-electron chi connectivity index (χ1n) is 4.77. The second kappa shape index (κ2) is 4.83. The van der Waals surface area contributed by atoms with Crippen molar-refractivity contribution in [2.24, 2.45) is 5.84 Å². The summed E-state index contributed by atoms with van der Waals surface area (Å²) in [6, 6.07) is 4.11. The smallest absolute Gasteiger partial charge is 0.198 e. The molecule has 90 valence electrons. The molecule has 1 aromatic carbocycles. The van der Waals surface area contributed by atoms with E-state index in [9.17, 15) is 8.78 Å². The molecule has 0 bridgehead atoms. The fourth-order valence-corrected chi connectivity index (χ4v) is 1.82. The highest BCUT2D eigenvalue weighted by molar-refractivity contribution is 6.29. The van der Waals surface area contributed by atoms with E-state index in [0.29, 0.717) is 5.56 Å². The number of nitrogens with two attached hydrogens (primary N) is 1. The van der Waals surface area contributed by atoms with Crippen LogP contribution in [0, 0.1) is 11.6 Å². The molecule has 1 unspecified atom stereocenters. The number of furan rings is 1. The summed E-state index contributed by atoms with van der Waals surface area (Å²) in [5.41, 5.74) is 3.09. The molecule has 0 saturated heterocycles. The van der Waals surface area contributed by atoms with Crippen LogP contribution < -0.4 is 11.3 Å². The molecule has 3 nitrogen and oxygen atoms in total. The highest BCUT2D eigenvalue weighted by Crippen LogP contribution is 2.30. The molecule has 0 aliphatic rings. The third-order valence-electron chi connectivity index (χ3n) is 2.40. The van der Waals surface area contributed by atoms with Gasteiger partial charge in [0.25, 0.3) is 0 Å². The lowest BCUT2D eigenvalue weighted by atomic mass is 10.0. The van der Waals surface area contributed by atoms with Gasteiger partial charge in [-0.15, -0.1) is 0 Å². The van der Waals surface area contributed by atoms with Gasteiger partial charge in [0.05, 0.1) is 12.3 Å². The van der Waals surface area contributed by atoms with Gasteiger partial charge in [-0.3, -0.25) is 5.84 Å². The van der Waals surface area contributed by atoms with Crippen LogP contribution in [0.1, 0.15) is 17.2 Å². The van der Waals surface area contributed by atoms with Crippen molar-refractivity contribution in [2.45, 2.75) is 6.04 Å². The minimum Gasteiger partial charge on any atom is -0.453 e. The van der Waals surface area contributed by atoms with Gasteiger partial charge < -0.3 is 4.42 Å². The monoisotopic (exact) mass is 258 g/mol. The molecule has 0 aliphatic carbocycles. The average Bonchev–Trinajstić information content (AvgIpc) is 2.69. The maximum absolute atomic E-state index is 13.6. The summed E-state index contributed by atoms with van der Waals surface area (Å²) >= 11 is 5.79. The first kappa shape index (κ1) is 12.0. The minimum atomic E-state index is -0.704. The second-order valence-electron chi connectivity index (χ2n) is 3.42. The summed E-state index contributed by atoms with van der Waals surface area (Å²) in [6.07, 6.45) is 1.36. The SMILES string of the molecule is NNC(c1ccc(F)cc1F)c1ccoc1Cl. The van der Waals surface area contributed by atoms with Gasteiger partial charge in [-0.05, 0) is 23.7 Å². The molecular formula is C11H9ClF2N2O. The molecular weight excluding hydrogens is 250 g/mol. The van der Waals surface area contributed by atoms with Crippen molar-refractivity contribution < 1.29 is 13.2 Å². The Balaban J connectivity index is 2.46. The molecule has 2 rings (SSSR count). The van der Waals surface area contributed by atoms with E-state index in [1.54, 1.807) is 6.07 Å². The van der Waals surface area contributed by atoms with Crippen molar-refractivity contribution in [1.82, 2.24) is 5.43 Å². The lowest BCUT2D eigenvalue weighted by molar-refractivity contribution is 0.531. The highest BCUT2D eigenvalue weighted by atomic mass is 35.5. The van der Waals surface area contributed by atoms with E-state index in [2.05, 4.69) is 5.43 Å². The molecule has 0 spiro atoms. The Morgan fingerprint density at radius 2 is 2.00 bits per heavy atom. The highest BCUT2D eigenvalue weighted by Gasteiger charge is 2.21. The standard InChI is InChI=1S/C11H9ClF2N2O/c12-11-8(3-4-17-11)10(16-15)7-2-1-6(13)5-9(7)14/h1-5,10,16H,15H2.